The van der Waals surface area contributed by atoms with Crippen molar-refractivity contribution < 1.29 is 14.2 Å². The topological polar surface area (TPSA) is 90.4 Å². The highest BCUT2D eigenvalue weighted by molar-refractivity contribution is 5.39. The molecule has 0 unspecified atom stereocenters. The van der Waals surface area contributed by atoms with Crippen molar-refractivity contribution in [2.45, 2.75) is 13.1 Å². The summed E-state index contributed by atoms with van der Waals surface area (Å²) >= 11 is 0. The minimum absolute atomic E-state index is 0.200. The van der Waals surface area contributed by atoms with Gasteiger partial charge in [0.2, 0.25) is 11.9 Å². The molecule has 0 spiro atoms. The minimum atomic E-state index is 0.200. The van der Waals surface area contributed by atoms with Gasteiger partial charge in [-0.3, -0.25) is 0 Å². The summed E-state index contributed by atoms with van der Waals surface area (Å²) in [5, 5.41) is 6.48. The molecule has 4 rings (SSSR count). The van der Waals surface area contributed by atoms with Gasteiger partial charge in [0, 0.05) is 13.1 Å². The summed E-state index contributed by atoms with van der Waals surface area (Å²) in [7, 11) is 3.29. The number of hydrogen-bond donors (Lipinski definition) is 2. The summed E-state index contributed by atoms with van der Waals surface area (Å²) in [5.41, 5.74) is 2.13. The second-order valence-corrected chi connectivity index (χ2v) is 7.08. The van der Waals surface area contributed by atoms with Crippen molar-refractivity contribution in [3.8, 4) is 23.3 Å². The van der Waals surface area contributed by atoms with Gasteiger partial charge in [0.1, 0.15) is 17.2 Å². The van der Waals surface area contributed by atoms with Crippen molar-refractivity contribution in [2.75, 3.05) is 24.9 Å². The molecule has 33 heavy (non-hydrogen) atoms. The monoisotopic (exact) mass is 443 g/mol. The number of benzene rings is 3. The first-order valence-corrected chi connectivity index (χ1v) is 10.4. The molecule has 1 heterocycles. The third-order valence-electron chi connectivity index (χ3n) is 4.79. The van der Waals surface area contributed by atoms with Crippen LogP contribution in [0.1, 0.15) is 11.1 Å². The molecule has 168 valence electrons. The van der Waals surface area contributed by atoms with Crippen LogP contribution in [0.4, 0.5) is 11.9 Å². The van der Waals surface area contributed by atoms with Gasteiger partial charge in [0.05, 0.1) is 14.2 Å². The Hall–Kier alpha value is -4.33. The zero-order valence-electron chi connectivity index (χ0n) is 18.5. The number of hydrogen-bond acceptors (Lipinski definition) is 8. The molecule has 0 aliphatic carbocycles. The summed E-state index contributed by atoms with van der Waals surface area (Å²) < 4.78 is 16.3. The summed E-state index contributed by atoms with van der Waals surface area (Å²) in [6.45, 7) is 1.08. The maximum absolute atomic E-state index is 5.85. The van der Waals surface area contributed by atoms with E-state index >= 15 is 0 Å². The molecule has 0 fully saturated rings. The summed E-state index contributed by atoms with van der Waals surface area (Å²) in [4.78, 5) is 13.3. The van der Waals surface area contributed by atoms with Crippen LogP contribution in [-0.2, 0) is 13.1 Å². The lowest BCUT2D eigenvalue weighted by molar-refractivity contribution is 0.414. The first kappa shape index (κ1) is 21.9. The highest BCUT2D eigenvalue weighted by atomic mass is 16.5. The number of ether oxygens (including phenoxy) is 3. The third kappa shape index (κ3) is 6.33. The van der Waals surface area contributed by atoms with Gasteiger partial charge >= 0.3 is 6.01 Å². The number of nitrogens with one attached hydrogen (secondary N) is 2. The molecule has 0 radical (unpaired) electrons. The van der Waals surface area contributed by atoms with Crippen LogP contribution < -0.4 is 24.8 Å². The van der Waals surface area contributed by atoms with Gasteiger partial charge in [-0.05, 0) is 47.5 Å². The summed E-state index contributed by atoms with van der Waals surface area (Å²) in [6.07, 6.45) is 0. The molecule has 0 aliphatic rings. The third-order valence-corrected chi connectivity index (χ3v) is 4.79. The van der Waals surface area contributed by atoms with E-state index in [1.807, 2.05) is 78.9 Å². The van der Waals surface area contributed by atoms with Crippen molar-refractivity contribution in [3.05, 3.63) is 90.0 Å². The zero-order chi connectivity index (χ0) is 22.9. The van der Waals surface area contributed by atoms with Gasteiger partial charge < -0.3 is 24.8 Å². The fourth-order valence-electron chi connectivity index (χ4n) is 3.00. The summed E-state index contributed by atoms with van der Waals surface area (Å²) in [5.74, 6) is 3.07. The number of aromatic nitrogens is 3. The van der Waals surface area contributed by atoms with Crippen LogP contribution in [0, 0.1) is 0 Å². The fraction of sp³-hybridized carbons (Fsp3) is 0.160. The van der Waals surface area contributed by atoms with Crippen molar-refractivity contribution >= 4 is 11.9 Å². The second-order valence-electron chi connectivity index (χ2n) is 7.08. The predicted molar refractivity (Wildman–Crippen MR) is 127 cm³/mol. The molecule has 0 saturated carbocycles. The maximum atomic E-state index is 5.85. The van der Waals surface area contributed by atoms with Crippen LogP contribution in [0.25, 0.3) is 0 Å². The van der Waals surface area contributed by atoms with Crippen molar-refractivity contribution in [2.24, 2.45) is 0 Å². The van der Waals surface area contributed by atoms with Gasteiger partial charge in [-0.15, -0.1) is 0 Å². The number of para-hydroxylation sites is 1. The van der Waals surface area contributed by atoms with E-state index in [4.69, 9.17) is 14.2 Å². The molecule has 0 atom stereocenters. The lowest BCUT2D eigenvalue weighted by Gasteiger charge is -2.11. The summed E-state index contributed by atoms with van der Waals surface area (Å²) in [6, 6.07) is 25.2. The first-order valence-electron chi connectivity index (χ1n) is 10.4. The fourth-order valence-corrected chi connectivity index (χ4v) is 3.00. The Kier molecular flexibility index (Phi) is 7.17. The molecular weight excluding hydrogens is 418 g/mol. The largest absolute Gasteiger partial charge is 0.497 e. The van der Waals surface area contributed by atoms with E-state index in [1.54, 1.807) is 14.2 Å². The molecule has 0 bridgehead atoms. The molecule has 1 aromatic heterocycles. The maximum Gasteiger partial charge on any atom is 0.328 e. The van der Waals surface area contributed by atoms with Crippen molar-refractivity contribution in [3.63, 3.8) is 0 Å². The van der Waals surface area contributed by atoms with Crippen LogP contribution in [0.3, 0.4) is 0 Å². The second kappa shape index (κ2) is 10.8. The van der Waals surface area contributed by atoms with E-state index in [1.165, 1.54) is 0 Å². The average Bonchev–Trinajstić information content (AvgIpc) is 2.87. The number of rotatable bonds is 10. The Labute approximate surface area is 192 Å². The molecule has 8 heteroatoms. The van der Waals surface area contributed by atoms with Crippen molar-refractivity contribution in [1.29, 1.82) is 0 Å². The molecule has 0 saturated heterocycles. The Bertz CT molecular complexity index is 1080. The lowest BCUT2D eigenvalue weighted by atomic mass is 10.2. The molecule has 4 aromatic rings. The normalized spacial score (nSPS) is 10.4. The quantitative estimate of drug-likeness (QED) is 0.357. The average molecular weight is 444 g/mol. The zero-order valence-corrected chi connectivity index (χ0v) is 18.5. The molecular formula is C25H25N5O3. The van der Waals surface area contributed by atoms with Gasteiger partial charge in [-0.2, -0.15) is 15.0 Å². The van der Waals surface area contributed by atoms with Crippen LogP contribution in [0.5, 0.6) is 23.3 Å². The number of anilines is 2. The van der Waals surface area contributed by atoms with Crippen LogP contribution >= 0.6 is 0 Å². The predicted octanol–water partition coefficient (Wildman–Crippen LogP) is 4.91. The molecule has 3 aromatic carbocycles. The number of nitrogens with zero attached hydrogens (tertiary/aromatic N) is 3. The minimum Gasteiger partial charge on any atom is -0.497 e. The van der Waals surface area contributed by atoms with E-state index in [-0.39, 0.29) is 6.01 Å². The Balaban J connectivity index is 1.50. The highest BCUT2D eigenvalue weighted by Crippen LogP contribution is 2.21. The lowest BCUT2D eigenvalue weighted by Crippen LogP contribution is -2.10. The Morgan fingerprint density at radius 3 is 1.52 bits per heavy atom. The molecule has 2 N–H and O–H groups in total. The van der Waals surface area contributed by atoms with Crippen LogP contribution in [-0.4, -0.2) is 29.2 Å². The van der Waals surface area contributed by atoms with Gasteiger partial charge in [0.25, 0.3) is 0 Å². The van der Waals surface area contributed by atoms with Gasteiger partial charge in [-0.25, -0.2) is 0 Å². The van der Waals surface area contributed by atoms with Crippen LogP contribution in [0.15, 0.2) is 78.9 Å². The first-order chi connectivity index (χ1) is 16.2. The Morgan fingerprint density at radius 2 is 1.06 bits per heavy atom. The van der Waals surface area contributed by atoms with E-state index in [0.717, 1.165) is 22.6 Å². The smallest absolute Gasteiger partial charge is 0.328 e. The molecule has 8 nitrogen and oxygen atoms in total. The highest BCUT2D eigenvalue weighted by Gasteiger charge is 2.09. The van der Waals surface area contributed by atoms with Gasteiger partial charge in [0.15, 0.2) is 0 Å². The van der Waals surface area contributed by atoms with E-state index in [0.29, 0.717) is 30.7 Å². The van der Waals surface area contributed by atoms with Gasteiger partial charge in [-0.1, -0.05) is 42.5 Å². The standard InChI is InChI=1S/C25H25N5O3/c1-31-20-12-8-18(9-13-20)16-26-23-28-24(27-17-19-10-14-21(32-2)15-11-19)30-25(29-23)33-22-6-4-3-5-7-22/h3-15H,16-17H2,1-2H3,(H2,26,27,28,29,30). The van der Waals surface area contributed by atoms with Crippen molar-refractivity contribution in [1.82, 2.24) is 15.0 Å². The number of methoxy groups -OCH3 is 2. The Morgan fingerprint density at radius 1 is 0.576 bits per heavy atom. The van der Waals surface area contributed by atoms with E-state index in [2.05, 4.69) is 25.6 Å². The molecule has 0 amide bonds. The van der Waals surface area contributed by atoms with E-state index in [9.17, 15) is 0 Å². The SMILES string of the molecule is COc1ccc(CNc2nc(NCc3ccc(OC)cc3)nc(Oc3ccccc3)n2)cc1. The molecule has 0 aliphatic heterocycles. The van der Waals surface area contributed by atoms with Crippen LogP contribution in [0.2, 0.25) is 0 Å². The van der Waals surface area contributed by atoms with E-state index < -0.39 is 0 Å².